The van der Waals surface area contributed by atoms with E-state index in [-0.39, 0.29) is 12.6 Å². The van der Waals surface area contributed by atoms with Crippen molar-refractivity contribution < 1.29 is 5.11 Å². The molecule has 0 aliphatic rings. The van der Waals surface area contributed by atoms with Gasteiger partial charge in [0.1, 0.15) is 0 Å². The second-order valence-corrected chi connectivity index (χ2v) is 2.43. The predicted octanol–water partition coefficient (Wildman–Crippen LogP) is 0.155. The molecule has 0 heterocycles. The van der Waals surface area contributed by atoms with Crippen LogP contribution in [-0.4, -0.2) is 50.3 Å². The van der Waals surface area contributed by atoms with Crippen LogP contribution in [0.3, 0.4) is 0 Å². The fourth-order valence-corrected chi connectivity index (χ4v) is 0.681. The van der Waals surface area contributed by atoms with Gasteiger partial charge >= 0.3 is 0 Å². The summed E-state index contributed by atoms with van der Waals surface area (Å²) in [7, 11) is 5.82. The van der Waals surface area contributed by atoms with Gasteiger partial charge in [-0.25, -0.2) is 0 Å². The Morgan fingerprint density at radius 3 is 1.91 bits per heavy atom. The monoisotopic (exact) mass is 162 g/mol. The van der Waals surface area contributed by atoms with Crippen molar-refractivity contribution in [3.8, 4) is 0 Å². The Morgan fingerprint density at radius 1 is 1.36 bits per heavy atom. The fraction of sp³-hybridized carbons (Fsp3) is 1.00. The summed E-state index contributed by atoms with van der Waals surface area (Å²) in [5.74, 6) is 0. The molecule has 1 unspecified atom stereocenters. The van der Waals surface area contributed by atoms with E-state index in [0.29, 0.717) is 0 Å². The molecule has 0 spiro atoms. The molecular formula is C8H22N2O. The van der Waals surface area contributed by atoms with Crippen molar-refractivity contribution in [2.24, 2.45) is 0 Å². The van der Waals surface area contributed by atoms with Gasteiger partial charge in [0.2, 0.25) is 0 Å². The topological polar surface area (TPSA) is 35.5 Å². The van der Waals surface area contributed by atoms with Gasteiger partial charge in [0.15, 0.2) is 0 Å². The molecule has 0 radical (unpaired) electrons. The molecule has 0 rings (SSSR count). The molecule has 0 saturated carbocycles. The Hall–Kier alpha value is -0.120. The number of likely N-dealkylation sites (N-methyl/N-ethyl adjacent to an activating group) is 2. The normalized spacial score (nSPS) is 12.3. The molecule has 0 aromatic rings. The molecule has 0 aromatic carbocycles. The van der Waals surface area contributed by atoms with Crippen molar-refractivity contribution >= 4 is 0 Å². The molecule has 0 fully saturated rings. The fourth-order valence-electron chi connectivity index (χ4n) is 0.681. The van der Waals surface area contributed by atoms with Crippen molar-refractivity contribution in [2.75, 3.05) is 34.3 Å². The Labute approximate surface area is 70.4 Å². The summed E-state index contributed by atoms with van der Waals surface area (Å²) in [6, 6.07) is 0.208. The molecule has 0 saturated heterocycles. The Balaban J connectivity index is 0. The minimum Gasteiger partial charge on any atom is -0.395 e. The predicted molar refractivity (Wildman–Crippen MR) is 49.8 cm³/mol. The standard InChI is InChI=1S/C6H16N2O.C2H6/c1-7-6(5-9)4-8(2)3;1-2/h6-7,9H,4-5H2,1-3H3;1-2H3. The third-order valence-electron chi connectivity index (χ3n) is 1.21. The maximum absolute atomic E-state index is 8.69. The van der Waals surface area contributed by atoms with Crippen LogP contribution in [0, 0.1) is 0 Å². The molecule has 0 amide bonds. The highest BCUT2D eigenvalue weighted by Gasteiger charge is 2.03. The molecule has 70 valence electrons. The maximum atomic E-state index is 8.69. The lowest BCUT2D eigenvalue weighted by Crippen LogP contribution is -2.38. The smallest absolute Gasteiger partial charge is 0.0597 e. The average Bonchev–Trinajstić information content (AvgIpc) is 2.03. The third-order valence-corrected chi connectivity index (χ3v) is 1.21. The van der Waals surface area contributed by atoms with Gasteiger partial charge in [-0.1, -0.05) is 13.8 Å². The molecule has 11 heavy (non-hydrogen) atoms. The first kappa shape index (κ1) is 13.5. The van der Waals surface area contributed by atoms with Crippen LogP contribution in [0.1, 0.15) is 13.8 Å². The Kier molecular flexibility index (Phi) is 12.1. The maximum Gasteiger partial charge on any atom is 0.0597 e. The third kappa shape index (κ3) is 9.88. The quantitative estimate of drug-likeness (QED) is 0.618. The lowest BCUT2D eigenvalue weighted by atomic mass is 10.3. The van der Waals surface area contributed by atoms with Crippen LogP contribution in [-0.2, 0) is 0 Å². The Morgan fingerprint density at radius 2 is 1.82 bits per heavy atom. The highest BCUT2D eigenvalue weighted by Crippen LogP contribution is 1.82. The van der Waals surface area contributed by atoms with E-state index >= 15 is 0 Å². The second-order valence-electron chi connectivity index (χ2n) is 2.43. The summed E-state index contributed by atoms with van der Waals surface area (Å²) < 4.78 is 0. The van der Waals surface area contributed by atoms with Crippen molar-refractivity contribution in [2.45, 2.75) is 19.9 Å². The van der Waals surface area contributed by atoms with Gasteiger partial charge < -0.3 is 15.3 Å². The molecule has 0 aliphatic heterocycles. The van der Waals surface area contributed by atoms with Crippen LogP contribution in [0.4, 0.5) is 0 Å². The van der Waals surface area contributed by atoms with Crippen molar-refractivity contribution in [1.82, 2.24) is 10.2 Å². The van der Waals surface area contributed by atoms with Crippen molar-refractivity contribution in [3.63, 3.8) is 0 Å². The van der Waals surface area contributed by atoms with E-state index in [1.165, 1.54) is 0 Å². The number of aliphatic hydroxyl groups excluding tert-OH is 1. The number of nitrogens with zero attached hydrogens (tertiary/aromatic N) is 1. The number of aliphatic hydroxyl groups is 1. The molecule has 2 N–H and O–H groups in total. The zero-order valence-corrected chi connectivity index (χ0v) is 8.39. The summed E-state index contributed by atoms with van der Waals surface area (Å²) in [6.45, 7) is 5.08. The van der Waals surface area contributed by atoms with Gasteiger partial charge in [0.25, 0.3) is 0 Å². The first-order valence-electron chi connectivity index (χ1n) is 4.13. The van der Waals surface area contributed by atoms with Crippen molar-refractivity contribution in [1.29, 1.82) is 0 Å². The molecule has 0 aromatic heterocycles. The van der Waals surface area contributed by atoms with Crippen LogP contribution in [0.2, 0.25) is 0 Å². The first-order valence-corrected chi connectivity index (χ1v) is 4.13. The summed E-state index contributed by atoms with van der Waals surface area (Å²) in [4.78, 5) is 2.04. The molecule has 0 aliphatic carbocycles. The van der Waals surface area contributed by atoms with Crippen LogP contribution >= 0.6 is 0 Å². The van der Waals surface area contributed by atoms with Gasteiger partial charge in [-0.15, -0.1) is 0 Å². The highest BCUT2D eigenvalue weighted by atomic mass is 16.3. The minimum absolute atomic E-state index is 0.203. The highest BCUT2D eigenvalue weighted by molar-refractivity contribution is 4.64. The first-order chi connectivity index (χ1) is 5.20. The minimum atomic E-state index is 0.203. The number of hydrogen-bond acceptors (Lipinski definition) is 3. The molecule has 3 heteroatoms. The van der Waals surface area contributed by atoms with Crippen LogP contribution < -0.4 is 5.32 Å². The van der Waals surface area contributed by atoms with E-state index in [1.807, 2.05) is 39.9 Å². The van der Waals surface area contributed by atoms with Gasteiger partial charge in [-0.2, -0.15) is 0 Å². The lowest BCUT2D eigenvalue weighted by molar-refractivity contribution is 0.218. The van der Waals surface area contributed by atoms with E-state index in [4.69, 9.17) is 5.11 Å². The number of rotatable bonds is 4. The zero-order valence-electron chi connectivity index (χ0n) is 8.39. The number of hydrogen-bond donors (Lipinski definition) is 2. The molecular weight excluding hydrogens is 140 g/mol. The van der Waals surface area contributed by atoms with Gasteiger partial charge in [0.05, 0.1) is 6.61 Å². The largest absolute Gasteiger partial charge is 0.395 e. The van der Waals surface area contributed by atoms with Crippen LogP contribution in [0.15, 0.2) is 0 Å². The van der Waals surface area contributed by atoms with E-state index < -0.39 is 0 Å². The van der Waals surface area contributed by atoms with E-state index in [9.17, 15) is 0 Å². The molecule has 1 atom stereocenters. The summed E-state index contributed by atoms with van der Waals surface area (Å²) in [6.07, 6.45) is 0. The Bertz CT molecular complexity index is 63.1. The van der Waals surface area contributed by atoms with Gasteiger partial charge in [0, 0.05) is 12.6 Å². The molecule has 0 bridgehead atoms. The van der Waals surface area contributed by atoms with Gasteiger partial charge in [-0.3, -0.25) is 0 Å². The SMILES string of the molecule is CC.CNC(CO)CN(C)C. The van der Waals surface area contributed by atoms with Gasteiger partial charge in [-0.05, 0) is 21.1 Å². The molecule has 3 nitrogen and oxygen atoms in total. The summed E-state index contributed by atoms with van der Waals surface area (Å²) in [5.41, 5.74) is 0. The lowest BCUT2D eigenvalue weighted by Gasteiger charge is -2.17. The van der Waals surface area contributed by atoms with Crippen molar-refractivity contribution in [3.05, 3.63) is 0 Å². The van der Waals surface area contributed by atoms with E-state index in [2.05, 4.69) is 5.32 Å². The summed E-state index contributed by atoms with van der Waals surface area (Å²) in [5, 5.41) is 11.7. The number of nitrogens with one attached hydrogen (secondary N) is 1. The van der Waals surface area contributed by atoms with E-state index in [1.54, 1.807) is 0 Å². The second kappa shape index (κ2) is 9.88. The van der Waals surface area contributed by atoms with Crippen LogP contribution in [0.25, 0.3) is 0 Å². The van der Waals surface area contributed by atoms with E-state index in [0.717, 1.165) is 6.54 Å². The summed E-state index contributed by atoms with van der Waals surface area (Å²) >= 11 is 0. The zero-order chi connectivity index (χ0) is 9.28. The van der Waals surface area contributed by atoms with Crippen LogP contribution in [0.5, 0.6) is 0 Å². The average molecular weight is 162 g/mol.